The number of hydrogen-bond acceptors (Lipinski definition) is 5. The van der Waals surface area contributed by atoms with Crippen molar-refractivity contribution < 1.29 is 22.7 Å². The summed E-state index contributed by atoms with van der Waals surface area (Å²) in [5.41, 5.74) is 0.735. The number of aromatic nitrogens is 2. The van der Waals surface area contributed by atoms with Gasteiger partial charge in [0.25, 0.3) is 0 Å². The van der Waals surface area contributed by atoms with Gasteiger partial charge in [-0.3, -0.25) is 0 Å². The van der Waals surface area contributed by atoms with Gasteiger partial charge in [0.05, 0.1) is 41.0 Å². The summed E-state index contributed by atoms with van der Waals surface area (Å²) >= 11 is 0. The minimum absolute atomic E-state index is 0.158. The fourth-order valence-corrected chi connectivity index (χ4v) is 3.05. The zero-order chi connectivity index (χ0) is 21.2. The Morgan fingerprint density at radius 3 is 2.38 bits per heavy atom. The second-order valence-electron chi connectivity index (χ2n) is 6.40. The van der Waals surface area contributed by atoms with E-state index in [-0.39, 0.29) is 28.9 Å². The predicted octanol–water partition coefficient (Wildman–Crippen LogP) is 5.04. The number of alkyl halides is 3. The summed E-state index contributed by atoms with van der Waals surface area (Å²) in [6.45, 7) is 1.37. The molecule has 5 nitrogen and oxygen atoms in total. The number of methoxy groups -OCH3 is 1. The highest BCUT2D eigenvalue weighted by Crippen LogP contribution is 2.34. The molecule has 0 aliphatic heterocycles. The summed E-state index contributed by atoms with van der Waals surface area (Å²) in [5, 5.41) is 8.27. The van der Waals surface area contributed by atoms with Crippen LogP contribution in [0.1, 0.15) is 29.4 Å². The van der Waals surface area contributed by atoms with Crippen LogP contribution in [0.15, 0.2) is 48.5 Å². The minimum Gasteiger partial charge on any atom is -0.465 e. The molecule has 0 aliphatic carbocycles. The number of fused-ring (bicyclic) bond motifs is 1. The molecule has 0 unspecified atom stereocenters. The molecular formula is C21H18F3N3O2. The van der Waals surface area contributed by atoms with Gasteiger partial charge in [-0.25, -0.2) is 14.8 Å². The van der Waals surface area contributed by atoms with Crippen molar-refractivity contribution in [1.29, 1.82) is 5.41 Å². The van der Waals surface area contributed by atoms with Crippen LogP contribution < -0.4 is 0 Å². The smallest absolute Gasteiger partial charge is 0.397 e. The lowest BCUT2D eigenvalue weighted by atomic mass is 9.94. The summed E-state index contributed by atoms with van der Waals surface area (Å²) in [4.78, 5) is 20.6. The normalized spacial score (nSPS) is 12.6. The molecule has 0 radical (unpaired) electrons. The summed E-state index contributed by atoms with van der Waals surface area (Å²) in [7, 11) is 1.23. The number of ether oxygens (including phenoxy) is 1. The Morgan fingerprint density at radius 1 is 1.10 bits per heavy atom. The molecule has 3 rings (SSSR count). The van der Waals surface area contributed by atoms with Crippen LogP contribution in [0.5, 0.6) is 0 Å². The Balaban J connectivity index is 2.25. The van der Waals surface area contributed by atoms with E-state index in [0.717, 1.165) is 0 Å². The average molecular weight is 401 g/mol. The lowest BCUT2D eigenvalue weighted by Crippen LogP contribution is -2.31. The molecule has 8 heteroatoms. The second-order valence-corrected chi connectivity index (χ2v) is 6.40. The summed E-state index contributed by atoms with van der Waals surface area (Å²) in [6, 6.07) is 13.1. The molecule has 3 aromatic rings. The monoisotopic (exact) mass is 401 g/mol. The Morgan fingerprint density at radius 2 is 1.79 bits per heavy atom. The molecule has 0 amide bonds. The molecule has 1 aromatic heterocycles. The van der Waals surface area contributed by atoms with Crippen LogP contribution in [0.2, 0.25) is 0 Å². The largest absolute Gasteiger partial charge is 0.465 e. The van der Waals surface area contributed by atoms with Gasteiger partial charge in [0.1, 0.15) is 5.69 Å². The van der Waals surface area contributed by atoms with Crippen LogP contribution in [0.4, 0.5) is 13.2 Å². The van der Waals surface area contributed by atoms with Crippen molar-refractivity contribution in [3.05, 3.63) is 59.8 Å². The lowest BCUT2D eigenvalue weighted by molar-refractivity contribution is -0.155. The molecule has 0 saturated carbocycles. The third kappa shape index (κ3) is 4.11. The molecule has 0 fully saturated rings. The number of nitrogens with one attached hydrogen (secondary N) is 1. The number of carbonyl (C=O) groups excluding carboxylic acids is 1. The number of rotatable bonds is 5. The van der Waals surface area contributed by atoms with Gasteiger partial charge in [-0.1, -0.05) is 37.3 Å². The maximum Gasteiger partial charge on any atom is 0.397 e. The van der Waals surface area contributed by atoms with Crippen molar-refractivity contribution in [3.8, 4) is 11.3 Å². The Hall–Kier alpha value is -3.29. The molecule has 1 heterocycles. The molecule has 0 saturated heterocycles. The van der Waals surface area contributed by atoms with Gasteiger partial charge in [0.15, 0.2) is 0 Å². The van der Waals surface area contributed by atoms with Gasteiger partial charge >= 0.3 is 12.1 Å². The van der Waals surface area contributed by atoms with E-state index in [4.69, 9.17) is 5.41 Å². The number of hydrogen-bond donors (Lipinski definition) is 1. The molecule has 29 heavy (non-hydrogen) atoms. The molecule has 0 bridgehead atoms. The zero-order valence-electron chi connectivity index (χ0n) is 15.7. The third-order valence-electron chi connectivity index (χ3n) is 4.54. The van der Waals surface area contributed by atoms with Crippen molar-refractivity contribution in [2.45, 2.75) is 19.5 Å². The van der Waals surface area contributed by atoms with Gasteiger partial charge in [0.2, 0.25) is 0 Å². The summed E-state index contributed by atoms with van der Waals surface area (Å²) in [5.74, 6) is -2.57. The molecule has 1 atom stereocenters. The zero-order valence-corrected chi connectivity index (χ0v) is 15.7. The maximum atomic E-state index is 13.5. The minimum atomic E-state index is -4.58. The highest BCUT2D eigenvalue weighted by atomic mass is 19.4. The van der Waals surface area contributed by atoms with E-state index in [2.05, 4.69) is 14.7 Å². The van der Waals surface area contributed by atoms with Gasteiger partial charge in [-0.15, -0.1) is 0 Å². The van der Waals surface area contributed by atoms with Crippen LogP contribution in [0.3, 0.4) is 0 Å². The molecular weight excluding hydrogens is 383 g/mol. The van der Waals surface area contributed by atoms with E-state index in [0.29, 0.717) is 11.1 Å². The lowest BCUT2D eigenvalue weighted by Gasteiger charge is -2.21. The number of benzene rings is 2. The third-order valence-corrected chi connectivity index (χ3v) is 4.54. The molecule has 0 aliphatic rings. The van der Waals surface area contributed by atoms with Crippen LogP contribution in [0.25, 0.3) is 22.3 Å². The van der Waals surface area contributed by atoms with E-state index in [1.165, 1.54) is 26.2 Å². The van der Waals surface area contributed by atoms with Gasteiger partial charge in [-0.2, -0.15) is 13.2 Å². The molecule has 150 valence electrons. The van der Waals surface area contributed by atoms with Crippen molar-refractivity contribution >= 4 is 22.7 Å². The Bertz CT molecular complexity index is 1070. The van der Waals surface area contributed by atoms with Gasteiger partial charge < -0.3 is 10.1 Å². The van der Waals surface area contributed by atoms with Crippen LogP contribution in [-0.2, 0) is 4.74 Å². The second kappa shape index (κ2) is 7.98. The van der Waals surface area contributed by atoms with E-state index in [1.807, 2.05) is 0 Å². The molecule has 0 spiro atoms. The summed E-state index contributed by atoms with van der Waals surface area (Å²) < 4.78 is 45.1. The molecule has 1 N–H and O–H groups in total. The average Bonchev–Trinajstić information content (AvgIpc) is 2.71. The van der Waals surface area contributed by atoms with E-state index < -0.39 is 23.8 Å². The quantitative estimate of drug-likeness (QED) is 0.480. The first-order valence-electron chi connectivity index (χ1n) is 8.87. The van der Waals surface area contributed by atoms with Crippen LogP contribution in [-0.4, -0.2) is 34.9 Å². The van der Waals surface area contributed by atoms with Crippen LogP contribution >= 0.6 is 0 Å². The van der Waals surface area contributed by atoms with Crippen molar-refractivity contribution in [2.75, 3.05) is 7.11 Å². The number of halogens is 3. The summed E-state index contributed by atoms with van der Waals surface area (Å²) in [6.07, 6.45) is -4.87. The number of carbonyl (C=O) groups is 1. The van der Waals surface area contributed by atoms with E-state index >= 15 is 0 Å². The predicted molar refractivity (Wildman–Crippen MR) is 103 cm³/mol. The highest BCUT2D eigenvalue weighted by molar-refractivity contribution is 6.05. The number of nitrogens with zero attached hydrogens (tertiary/aromatic N) is 2. The van der Waals surface area contributed by atoms with Crippen LogP contribution in [0, 0.1) is 11.3 Å². The standard InChI is InChI=1S/C21H18F3N3O2/c1-3-14(21(22,23)24)17(25)19-18(12-7-5-4-6-8-12)26-15-10-9-13(20(28)29-2)11-16(15)27-19/h4-11,14,25H,3H2,1-2H3/t14-/m1/s1. The van der Waals surface area contributed by atoms with E-state index in [1.54, 1.807) is 36.4 Å². The van der Waals surface area contributed by atoms with Gasteiger partial charge in [0, 0.05) is 5.56 Å². The fourth-order valence-electron chi connectivity index (χ4n) is 3.05. The topological polar surface area (TPSA) is 75.9 Å². The first kappa shape index (κ1) is 20.4. The SMILES string of the molecule is CC[C@H](C(=N)c1nc2cc(C(=O)OC)ccc2nc1-c1ccccc1)C(F)(F)F. The van der Waals surface area contributed by atoms with Gasteiger partial charge in [-0.05, 0) is 24.6 Å². The Labute approximate surface area is 165 Å². The van der Waals surface area contributed by atoms with Crippen molar-refractivity contribution in [3.63, 3.8) is 0 Å². The first-order chi connectivity index (χ1) is 13.8. The molecule has 2 aromatic carbocycles. The first-order valence-corrected chi connectivity index (χ1v) is 8.87. The van der Waals surface area contributed by atoms with Crippen molar-refractivity contribution in [2.24, 2.45) is 5.92 Å². The van der Waals surface area contributed by atoms with Crippen molar-refractivity contribution in [1.82, 2.24) is 9.97 Å². The van der Waals surface area contributed by atoms with E-state index in [9.17, 15) is 18.0 Å². The Kier molecular flexibility index (Phi) is 5.63. The highest BCUT2D eigenvalue weighted by Gasteiger charge is 2.42. The fraction of sp³-hybridized carbons (Fsp3) is 0.238. The number of esters is 1. The maximum absolute atomic E-state index is 13.5.